The van der Waals surface area contributed by atoms with Crippen molar-refractivity contribution < 1.29 is 18.1 Å². The van der Waals surface area contributed by atoms with Crippen molar-refractivity contribution in [2.45, 2.75) is 58.4 Å². The van der Waals surface area contributed by atoms with Crippen LogP contribution in [0.1, 0.15) is 52.4 Å². The fraction of sp³-hybridized carbons (Fsp3) is 0.941. The second kappa shape index (κ2) is 9.15. The van der Waals surface area contributed by atoms with E-state index in [9.17, 15) is 13.2 Å². The van der Waals surface area contributed by atoms with Gasteiger partial charge in [-0.15, -0.1) is 0 Å². The van der Waals surface area contributed by atoms with Gasteiger partial charge in [0.2, 0.25) is 15.9 Å². The van der Waals surface area contributed by atoms with Crippen molar-refractivity contribution in [1.82, 2.24) is 9.62 Å². The average molecular weight is 361 g/mol. The quantitative estimate of drug-likeness (QED) is 0.672. The van der Waals surface area contributed by atoms with E-state index in [1.807, 2.05) is 6.92 Å². The van der Waals surface area contributed by atoms with E-state index in [0.29, 0.717) is 38.4 Å². The number of sulfonamides is 1. The molecule has 2 saturated heterocycles. The Morgan fingerprint density at radius 1 is 1.21 bits per heavy atom. The second-order valence-electron chi connectivity index (χ2n) is 7.34. The van der Waals surface area contributed by atoms with E-state index < -0.39 is 10.0 Å². The average Bonchev–Trinajstić information content (AvgIpc) is 2.56. The molecular weight excluding hydrogens is 326 g/mol. The molecule has 2 aliphatic heterocycles. The maximum absolute atomic E-state index is 12.3. The molecule has 0 spiro atoms. The zero-order chi connectivity index (χ0) is 17.6. The van der Waals surface area contributed by atoms with Crippen LogP contribution in [-0.2, 0) is 14.8 Å². The molecule has 0 saturated carbocycles. The summed E-state index contributed by atoms with van der Waals surface area (Å²) in [5.41, 5.74) is 0. The number of carbonyl (C=O) groups excluding carboxylic acids is 1. The Balaban J connectivity index is 1.69. The van der Waals surface area contributed by atoms with Crippen LogP contribution < -0.4 is 10.2 Å². The van der Waals surface area contributed by atoms with Crippen LogP contribution in [0.3, 0.4) is 0 Å². The molecule has 24 heavy (non-hydrogen) atoms. The molecule has 6 nitrogen and oxygen atoms in total. The van der Waals surface area contributed by atoms with E-state index >= 15 is 0 Å². The number of carbonyl (C=O) groups is 1. The first kappa shape index (κ1) is 19.7. The summed E-state index contributed by atoms with van der Waals surface area (Å²) in [4.78, 5) is 13.9. The van der Waals surface area contributed by atoms with E-state index in [4.69, 9.17) is 0 Å². The minimum absolute atomic E-state index is 0.0353. The highest BCUT2D eigenvalue weighted by Crippen LogP contribution is 2.20. The number of piperidine rings is 2. The molecule has 1 amide bonds. The molecule has 0 aromatic carbocycles. The number of likely N-dealkylation sites (tertiary alicyclic amines) is 1. The Labute approximate surface area is 147 Å². The maximum atomic E-state index is 12.3. The normalized spacial score (nSPS) is 27.1. The van der Waals surface area contributed by atoms with Crippen LogP contribution in [0, 0.1) is 5.92 Å². The summed E-state index contributed by atoms with van der Waals surface area (Å²) in [7, 11) is -3.12. The van der Waals surface area contributed by atoms with Crippen molar-refractivity contribution in [3.8, 4) is 0 Å². The van der Waals surface area contributed by atoms with Crippen molar-refractivity contribution in [2.75, 3.05) is 38.5 Å². The van der Waals surface area contributed by atoms with Gasteiger partial charge in [0.15, 0.2) is 0 Å². The minimum Gasteiger partial charge on any atom is -0.350 e. The van der Waals surface area contributed by atoms with Crippen molar-refractivity contribution >= 4 is 15.9 Å². The molecule has 0 aromatic heterocycles. The summed E-state index contributed by atoms with van der Waals surface area (Å²) in [5, 5.41) is 3.07. The van der Waals surface area contributed by atoms with Crippen molar-refractivity contribution in [2.24, 2.45) is 5.92 Å². The number of hydrogen-bond donors (Lipinski definition) is 2. The van der Waals surface area contributed by atoms with E-state index in [1.54, 1.807) is 9.21 Å². The van der Waals surface area contributed by atoms with E-state index in [2.05, 4.69) is 12.2 Å². The SMILES string of the molecule is CCCS(=O)(=O)N1CCC(C(=O)NCC[NH+]2CCCCC2C)CC1. The predicted molar refractivity (Wildman–Crippen MR) is 95.4 cm³/mol. The molecule has 0 aromatic rings. The first-order valence-corrected chi connectivity index (χ1v) is 11.1. The summed E-state index contributed by atoms with van der Waals surface area (Å²) < 4.78 is 25.7. The number of nitrogens with one attached hydrogen (secondary N) is 2. The standard InChI is InChI=1S/C17H33N3O3S/c1-3-14-24(22,23)20-11-7-16(8-12-20)17(21)18-9-13-19-10-5-4-6-15(19)2/h15-16H,3-14H2,1-2H3,(H,18,21)/p+1. The number of hydrogen-bond acceptors (Lipinski definition) is 3. The first-order chi connectivity index (χ1) is 11.4. The molecular formula is C17H34N3O3S+. The van der Waals surface area contributed by atoms with Crippen LogP contribution in [0.15, 0.2) is 0 Å². The smallest absolute Gasteiger partial charge is 0.223 e. The lowest BCUT2D eigenvalue weighted by molar-refractivity contribution is -0.927. The van der Waals surface area contributed by atoms with Crippen LogP contribution in [0.2, 0.25) is 0 Å². The first-order valence-electron chi connectivity index (χ1n) is 9.54. The van der Waals surface area contributed by atoms with Gasteiger partial charge in [-0.2, -0.15) is 0 Å². The highest BCUT2D eigenvalue weighted by Gasteiger charge is 2.30. The van der Waals surface area contributed by atoms with Crippen molar-refractivity contribution in [1.29, 1.82) is 0 Å². The van der Waals surface area contributed by atoms with E-state index in [0.717, 1.165) is 13.1 Å². The predicted octanol–water partition coefficient (Wildman–Crippen LogP) is 0.0117. The van der Waals surface area contributed by atoms with E-state index in [1.165, 1.54) is 25.8 Å². The van der Waals surface area contributed by atoms with Gasteiger partial charge in [-0.25, -0.2) is 12.7 Å². The fourth-order valence-corrected chi connectivity index (χ4v) is 5.44. The molecule has 0 aliphatic carbocycles. The molecule has 2 rings (SSSR count). The molecule has 0 radical (unpaired) electrons. The lowest BCUT2D eigenvalue weighted by atomic mass is 9.97. The van der Waals surface area contributed by atoms with Gasteiger partial charge in [0.1, 0.15) is 0 Å². The topological polar surface area (TPSA) is 70.9 Å². The molecule has 140 valence electrons. The summed E-state index contributed by atoms with van der Waals surface area (Å²) in [6, 6.07) is 0.697. The zero-order valence-corrected chi connectivity index (χ0v) is 16.0. The lowest BCUT2D eigenvalue weighted by Gasteiger charge is -2.31. The van der Waals surface area contributed by atoms with Crippen molar-refractivity contribution in [3.05, 3.63) is 0 Å². The Morgan fingerprint density at radius 3 is 2.54 bits per heavy atom. The number of rotatable bonds is 7. The summed E-state index contributed by atoms with van der Waals surface area (Å²) >= 11 is 0. The van der Waals surface area contributed by atoms with Gasteiger partial charge in [-0.05, 0) is 45.4 Å². The molecule has 2 atom stereocenters. The Kier molecular flexibility index (Phi) is 7.50. The number of quaternary nitrogens is 1. The molecule has 2 unspecified atom stereocenters. The highest BCUT2D eigenvalue weighted by atomic mass is 32.2. The zero-order valence-electron chi connectivity index (χ0n) is 15.2. The van der Waals surface area contributed by atoms with E-state index in [-0.39, 0.29) is 17.6 Å². The summed E-state index contributed by atoms with van der Waals surface area (Å²) in [6.07, 6.45) is 5.83. The highest BCUT2D eigenvalue weighted by molar-refractivity contribution is 7.89. The fourth-order valence-electron chi connectivity index (χ4n) is 3.90. The second-order valence-corrected chi connectivity index (χ2v) is 9.42. The lowest BCUT2D eigenvalue weighted by Crippen LogP contribution is -3.16. The van der Waals surface area contributed by atoms with Crippen LogP contribution >= 0.6 is 0 Å². The summed E-state index contributed by atoms with van der Waals surface area (Å²) in [6.45, 7) is 8.07. The minimum atomic E-state index is -3.12. The largest absolute Gasteiger partial charge is 0.350 e. The number of nitrogens with zero attached hydrogens (tertiary/aromatic N) is 1. The van der Waals surface area contributed by atoms with Gasteiger partial charge in [-0.1, -0.05) is 6.92 Å². The van der Waals surface area contributed by atoms with Crippen LogP contribution in [0.4, 0.5) is 0 Å². The molecule has 7 heteroatoms. The van der Waals surface area contributed by atoms with Crippen LogP contribution in [0.5, 0.6) is 0 Å². The third-order valence-corrected chi connectivity index (χ3v) is 7.58. The molecule has 2 aliphatic rings. The maximum Gasteiger partial charge on any atom is 0.223 e. The van der Waals surface area contributed by atoms with Gasteiger partial charge >= 0.3 is 0 Å². The van der Waals surface area contributed by atoms with Gasteiger partial charge in [-0.3, -0.25) is 4.79 Å². The Morgan fingerprint density at radius 2 is 1.92 bits per heavy atom. The monoisotopic (exact) mass is 360 g/mol. The van der Waals surface area contributed by atoms with Crippen LogP contribution in [-0.4, -0.2) is 63.1 Å². The molecule has 2 fully saturated rings. The van der Waals surface area contributed by atoms with Gasteiger partial charge in [0.05, 0.1) is 31.4 Å². The molecule has 2 heterocycles. The Hall–Kier alpha value is -0.660. The van der Waals surface area contributed by atoms with Gasteiger partial charge in [0.25, 0.3) is 0 Å². The summed E-state index contributed by atoms with van der Waals surface area (Å²) in [5.74, 6) is 0.277. The Bertz CT molecular complexity index is 501. The van der Waals surface area contributed by atoms with Crippen molar-refractivity contribution in [3.63, 3.8) is 0 Å². The van der Waals surface area contributed by atoms with Crippen LogP contribution in [0.25, 0.3) is 0 Å². The van der Waals surface area contributed by atoms with Gasteiger partial charge < -0.3 is 10.2 Å². The third-order valence-electron chi connectivity index (χ3n) is 5.51. The third kappa shape index (κ3) is 5.43. The molecule has 2 N–H and O–H groups in total. The van der Waals surface area contributed by atoms with Gasteiger partial charge in [0, 0.05) is 19.0 Å². The number of amides is 1. The molecule has 0 bridgehead atoms.